The number of carbonyl (C=O) groups excluding carboxylic acids is 2. The lowest BCUT2D eigenvalue weighted by Crippen LogP contribution is -2.19. The quantitative estimate of drug-likeness (QED) is 0.477. The number of hydrogen-bond acceptors (Lipinski definition) is 7. The molecule has 0 bridgehead atoms. The monoisotopic (exact) mass is 319 g/mol. The summed E-state index contributed by atoms with van der Waals surface area (Å²) in [6.45, 7) is 1.77. The van der Waals surface area contributed by atoms with Crippen molar-refractivity contribution in [3.8, 4) is 0 Å². The van der Waals surface area contributed by atoms with Gasteiger partial charge in [-0.25, -0.2) is 4.79 Å². The van der Waals surface area contributed by atoms with Crippen LogP contribution in [-0.4, -0.2) is 38.2 Å². The Balaban J connectivity index is 1.94. The van der Waals surface area contributed by atoms with Gasteiger partial charge in [0.2, 0.25) is 12.2 Å². The van der Waals surface area contributed by atoms with Crippen molar-refractivity contribution in [2.75, 3.05) is 11.9 Å². The molecule has 1 amide bonds. The summed E-state index contributed by atoms with van der Waals surface area (Å²) in [5.41, 5.74) is 0.842. The fourth-order valence-electron chi connectivity index (χ4n) is 1.70. The highest BCUT2D eigenvalue weighted by atomic mass is 16.6. The molecule has 0 unspecified atom stereocenters. The van der Waals surface area contributed by atoms with Crippen LogP contribution in [0.1, 0.15) is 17.3 Å². The van der Waals surface area contributed by atoms with Crippen molar-refractivity contribution in [1.82, 2.24) is 14.8 Å². The summed E-state index contributed by atoms with van der Waals surface area (Å²) in [5.74, 6) is -1.45. The van der Waals surface area contributed by atoms with Crippen molar-refractivity contribution >= 4 is 23.5 Å². The lowest BCUT2D eigenvalue weighted by molar-refractivity contribution is -0.394. The maximum Gasteiger partial charge on any atom is 0.490 e. The minimum absolute atomic E-state index is 0.222. The molecular formula is C13H13N5O5. The van der Waals surface area contributed by atoms with Gasteiger partial charge in [0.05, 0.1) is 12.2 Å². The van der Waals surface area contributed by atoms with Gasteiger partial charge in [-0.05, 0) is 36.1 Å². The van der Waals surface area contributed by atoms with E-state index in [9.17, 15) is 19.7 Å². The predicted molar refractivity (Wildman–Crippen MR) is 77.7 cm³/mol. The molecule has 10 heteroatoms. The molecule has 0 saturated heterocycles. The molecule has 0 aliphatic rings. The SMILES string of the molecule is CCOC(=O)c1ccc(NC(=O)Cn2cnc([N+](=O)[O-])n2)cc1. The third kappa shape index (κ3) is 4.33. The molecule has 1 aromatic carbocycles. The van der Waals surface area contributed by atoms with Crippen LogP contribution < -0.4 is 5.32 Å². The number of nitro groups is 1. The average Bonchev–Trinajstić information content (AvgIpc) is 2.96. The highest BCUT2D eigenvalue weighted by molar-refractivity contribution is 5.92. The Morgan fingerprint density at radius 3 is 2.61 bits per heavy atom. The van der Waals surface area contributed by atoms with Crippen molar-refractivity contribution in [3.05, 3.63) is 46.3 Å². The zero-order valence-corrected chi connectivity index (χ0v) is 12.1. The summed E-state index contributed by atoms with van der Waals surface area (Å²) < 4.78 is 5.91. The molecule has 0 atom stereocenters. The van der Waals surface area contributed by atoms with Crippen molar-refractivity contribution in [2.24, 2.45) is 0 Å². The highest BCUT2D eigenvalue weighted by Gasteiger charge is 2.15. The van der Waals surface area contributed by atoms with Gasteiger partial charge in [-0.1, -0.05) is 4.98 Å². The van der Waals surface area contributed by atoms with E-state index >= 15 is 0 Å². The lowest BCUT2D eigenvalue weighted by Gasteiger charge is -2.05. The molecule has 0 fully saturated rings. The fraction of sp³-hybridized carbons (Fsp3) is 0.231. The van der Waals surface area contributed by atoms with Gasteiger partial charge in [0, 0.05) is 10.8 Å². The zero-order valence-electron chi connectivity index (χ0n) is 12.1. The first-order valence-electron chi connectivity index (χ1n) is 6.60. The number of rotatable bonds is 6. The molecule has 23 heavy (non-hydrogen) atoms. The van der Waals surface area contributed by atoms with Crippen LogP contribution >= 0.6 is 0 Å². The Labute approximate surface area is 130 Å². The Morgan fingerprint density at radius 2 is 2.04 bits per heavy atom. The zero-order chi connectivity index (χ0) is 16.8. The number of nitrogens with zero attached hydrogens (tertiary/aromatic N) is 4. The summed E-state index contributed by atoms with van der Waals surface area (Å²) >= 11 is 0. The number of anilines is 1. The van der Waals surface area contributed by atoms with Crippen LogP contribution in [0.4, 0.5) is 11.6 Å². The second-order valence-electron chi connectivity index (χ2n) is 4.35. The largest absolute Gasteiger partial charge is 0.490 e. The summed E-state index contributed by atoms with van der Waals surface area (Å²) in [7, 11) is 0. The Bertz CT molecular complexity index is 725. The number of ether oxygens (including phenoxy) is 1. The number of aromatic nitrogens is 3. The maximum absolute atomic E-state index is 11.8. The molecule has 2 aromatic rings. The smallest absolute Gasteiger partial charge is 0.462 e. The minimum atomic E-state index is -0.748. The highest BCUT2D eigenvalue weighted by Crippen LogP contribution is 2.11. The number of benzene rings is 1. The van der Waals surface area contributed by atoms with Crippen LogP contribution in [0.15, 0.2) is 30.6 Å². The Kier molecular flexibility index (Phi) is 4.97. The van der Waals surface area contributed by atoms with Crippen molar-refractivity contribution in [2.45, 2.75) is 13.5 Å². The number of amides is 1. The Morgan fingerprint density at radius 1 is 1.35 bits per heavy atom. The molecule has 0 radical (unpaired) electrons. The molecule has 1 N–H and O–H groups in total. The molecule has 10 nitrogen and oxygen atoms in total. The molecule has 2 rings (SSSR count). The number of esters is 1. The van der Waals surface area contributed by atoms with Gasteiger partial charge in [-0.2, -0.15) is 4.68 Å². The van der Waals surface area contributed by atoms with Gasteiger partial charge in [0.25, 0.3) is 0 Å². The van der Waals surface area contributed by atoms with Gasteiger partial charge in [0.1, 0.15) is 6.54 Å². The van der Waals surface area contributed by atoms with Gasteiger partial charge in [0.15, 0.2) is 0 Å². The summed E-state index contributed by atoms with van der Waals surface area (Å²) in [5, 5.41) is 16.6. The third-order valence-electron chi connectivity index (χ3n) is 2.67. The third-order valence-corrected chi connectivity index (χ3v) is 2.67. The van der Waals surface area contributed by atoms with E-state index in [-0.39, 0.29) is 13.2 Å². The van der Waals surface area contributed by atoms with E-state index in [1.807, 2.05) is 0 Å². The van der Waals surface area contributed by atoms with Crippen molar-refractivity contribution in [3.63, 3.8) is 0 Å². The van der Waals surface area contributed by atoms with Crippen LogP contribution in [0.25, 0.3) is 0 Å². The average molecular weight is 319 g/mol. The first kappa shape index (κ1) is 16.1. The normalized spacial score (nSPS) is 10.1. The standard InChI is InChI=1S/C13H13N5O5/c1-2-23-12(20)9-3-5-10(6-4-9)15-11(19)7-17-8-14-13(16-17)18(21)22/h3-6,8H,2,7H2,1H3,(H,15,19). The molecular weight excluding hydrogens is 306 g/mol. The first-order chi connectivity index (χ1) is 11.0. The van der Waals surface area contributed by atoms with E-state index in [1.54, 1.807) is 19.1 Å². The molecule has 0 aliphatic heterocycles. The van der Waals surface area contributed by atoms with Crippen LogP contribution in [0, 0.1) is 10.1 Å². The van der Waals surface area contributed by atoms with Crippen LogP contribution in [-0.2, 0) is 16.1 Å². The summed E-state index contributed by atoms with van der Waals surface area (Å²) in [6, 6.07) is 6.14. The van der Waals surface area contributed by atoms with Crippen molar-refractivity contribution < 1.29 is 19.2 Å². The van der Waals surface area contributed by atoms with Gasteiger partial charge in [-0.15, -0.1) is 0 Å². The lowest BCUT2D eigenvalue weighted by atomic mass is 10.2. The predicted octanol–water partition coefficient (Wildman–Crippen LogP) is 1.00. The number of carbonyl (C=O) groups is 2. The molecule has 0 aliphatic carbocycles. The summed E-state index contributed by atoms with van der Waals surface area (Å²) in [6.07, 6.45) is 1.10. The van der Waals surface area contributed by atoms with Crippen LogP contribution in [0.2, 0.25) is 0 Å². The van der Waals surface area contributed by atoms with Gasteiger partial charge >= 0.3 is 11.9 Å². The maximum atomic E-state index is 11.8. The van der Waals surface area contributed by atoms with E-state index in [4.69, 9.17) is 4.74 Å². The number of nitrogens with one attached hydrogen (secondary N) is 1. The second kappa shape index (κ2) is 7.11. The minimum Gasteiger partial charge on any atom is -0.462 e. The van der Waals surface area contributed by atoms with E-state index in [0.717, 1.165) is 11.0 Å². The van der Waals surface area contributed by atoms with Gasteiger partial charge in [-0.3, -0.25) is 4.79 Å². The van der Waals surface area contributed by atoms with E-state index in [1.165, 1.54) is 12.1 Å². The molecule has 1 aromatic heterocycles. The fourth-order valence-corrected chi connectivity index (χ4v) is 1.70. The number of hydrogen-bond donors (Lipinski definition) is 1. The molecule has 0 saturated carbocycles. The first-order valence-corrected chi connectivity index (χ1v) is 6.60. The summed E-state index contributed by atoms with van der Waals surface area (Å²) in [4.78, 5) is 36.5. The van der Waals surface area contributed by atoms with E-state index in [0.29, 0.717) is 11.3 Å². The molecule has 120 valence electrons. The topological polar surface area (TPSA) is 129 Å². The molecule has 1 heterocycles. The van der Waals surface area contributed by atoms with Crippen molar-refractivity contribution in [1.29, 1.82) is 0 Å². The Hall–Kier alpha value is -3.30. The van der Waals surface area contributed by atoms with E-state index in [2.05, 4.69) is 15.4 Å². The van der Waals surface area contributed by atoms with E-state index < -0.39 is 22.7 Å². The van der Waals surface area contributed by atoms with Crippen LogP contribution in [0.3, 0.4) is 0 Å². The second-order valence-corrected chi connectivity index (χ2v) is 4.35. The molecule has 0 spiro atoms. The van der Waals surface area contributed by atoms with Gasteiger partial charge < -0.3 is 20.2 Å². The van der Waals surface area contributed by atoms with Crippen LogP contribution in [0.5, 0.6) is 0 Å².